The van der Waals surface area contributed by atoms with E-state index < -0.39 is 0 Å². The maximum atomic E-state index is 4.17. The molecule has 19 heavy (non-hydrogen) atoms. The van der Waals surface area contributed by atoms with Crippen molar-refractivity contribution < 1.29 is 0 Å². The van der Waals surface area contributed by atoms with E-state index in [0.717, 1.165) is 23.3 Å². The van der Waals surface area contributed by atoms with Gasteiger partial charge in [0.15, 0.2) is 0 Å². The molecule has 0 saturated carbocycles. The molecule has 1 aromatic rings. The highest BCUT2D eigenvalue weighted by molar-refractivity contribution is 9.15. The van der Waals surface area contributed by atoms with Crippen molar-refractivity contribution in [3.63, 3.8) is 0 Å². The second-order valence-electron chi connectivity index (χ2n) is 4.98. The first-order valence-electron chi connectivity index (χ1n) is 6.49. The van der Waals surface area contributed by atoms with E-state index in [1.54, 1.807) is 5.57 Å². The van der Waals surface area contributed by atoms with E-state index in [0.29, 0.717) is 0 Å². The molecule has 1 N–H and O–H groups in total. The van der Waals surface area contributed by atoms with Crippen molar-refractivity contribution in [3.8, 4) is 0 Å². The third-order valence-electron chi connectivity index (χ3n) is 3.60. The molecule has 100 valence electrons. The SMILES string of the molecule is C=C1c2cc(C=C3CCNCC3)sc2C(Br)=CN1C. The van der Waals surface area contributed by atoms with Crippen LogP contribution in [0.4, 0.5) is 0 Å². The lowest BCUT2D eigenvalue weighted by Gasteiger charge is -2.22. The van der Waals surface area contributed by atoms with Gasteiger partial charge in [0.05, 0.1) is 9.36 Å². The Kier molecular flexibility index (Phi) is 3.65. The third kappa shape index (κ3) is 2.57. The number of halogens is 1. The highest BCUT2D eigenvalue weighted by atomic mass is 79.9. The van der Waals surface area contributed by atoms with Crippen molar-refractivity contribution >= 4 is 43.5 Å². The number of rotatable bonds is 1. The molecule has 0 unspecified atom stereocenters. The Morgan fingerprint density at radius 3 is 2.89 bits per heavy atom. The number of hydrogen-bond donors (Lipinski definition) is 1. The third-order valence-corrected chi connectivity index (χ3v) is 5.58. The van der Waals surface area contributed by atoms with Gasteiger partial charge >= 0.3 is 0 Å². The van der Waals surface area contributed by atoms with Crippen molar-refractivity contribution in [2.45, 2.75) is 12.8 Å². The van der Waals surface area contributed by atoms with Crippen LogP contribution in [0.2, 0.25) is 0 Å². The van der Waals surface area contributed by atoms with Gasteiger partial charge in [0, 0.05) is 29.4 Å². The summed E-state index contributed by atoms with van der Waals surface area (Å²) < 4.78 is 1.15. The van der Waals surface area contributed by atoms with Gasteiger partial charge in [-0.3, -0.25) is 0 Å². The van der Waals surface area contributed by atoms with E-state index in [4.69, 9.17) is 0 Å². The van der Waals surface area contributed by atoms with Crippen LogP contribution >= 0.6 is 27.3 Å². The summed E-state index contributed by atoms with van der Waals surface area (Å²) in [5.41, 5.74) is 3.88. The zero-order valence-corrected chi connectivity index (χ0v) is 13.4. The molecule has 0 amide bonds. The van der Waals surface area contributed by atoms with Crippen LogP contribution < -0.4 is 5.32 Å². The van der Waals surface area contributed by atoms with Gasteiger partial charge in [-0.15, -0.1) is 11.3 Å². The maximum Gasteiger partial charge on any atom is 0.0526 e. The lowest BCUT2D eigenvalue weighted by Crippen LogP contribution is -2.22. The largest absolute Gasteiger partial charge is 0.350 e. The monoisotopic (exact) mass is 336 g/mol. The zero-order valence-electron chi connectivity index (χ0n) is 11.0. The summed E-state index contributed by atoms with van der Waals surface area (Å²) in [7, 11) is 2.04. The van der Waals surface area contributed by atoms with Crippen molar-refractivity contribution in [1.29, 1.82) is 0 Å². The number of piperidine rings is 1. The van der Waals surface area contributed by atoms with Crippen molar-refractivity contribution in [1.82, 2.24) is 10.2 Å². The van der Waals surface area contributed by atoms with Gasteiger partial charge < -0.3 is 10.2 Å². The molecule has 2 aliphatic heterocycles. The molecule has 1 saturated heterocycles. The molecule has 0 bridgehead atoms. The van der Waals surface area contributed by atoms with Gasteiger partial charge in [0.25, 0.3) is 0 Å². The first-order chi connectivity index (χ1) is 9.15. The minimum Gasteiger partial charge on any atom is -0.350 e. The summed E-state index contributed by atoms with van der Waals surface area (Å²) in [6.45, 7) is 6.38. The normalized spacial score (nSPS) is 19.3. The average Bonchev–Trinajstić information content (AvgIpc) is 2.82. The molecule has 1 fully saturated rings. The summed E-state index contributed by atoms with van der Waals surface area (Å²) in [4.78, 5) is 4.70. The van der Waals surface area contributed by atoms with E-state index in [9.17, 15) is 0 Å². The lowest BCUT2D eigenvalue weighted by molar-refractivity contribution is 0.613. The molecule has 0 aliphatic carbocycles. The summed E-state index contributed by atoms with van der Waals surface area (Å²) >= 11 is 5.49. The first kappa shape index (κ1) is 13.2. The first-order valence-corrected chi connectivity index (χ1v) is 8.10. The molecule has 1 aromatic heterocycles. The topological polar surface area (TPSA) is 15.3 Å². The van der Waals surface area contributed by atoms with E-state index in [-0.39, 0.29) is 0 Å². The minimum atomic E-state index is 1.07. The number of nitrogens with zero attached hydrogens (tertiary/aromatic N) is 1. The summed E-state index contributed by atoms with van der Waals surface area (Å²) in [5, 5.41) is 3.39. The van der Waals surface area contributed by atoms with Gasteiger partial charge in [-0.1, -0.05) is 12.2 Å². The molecule has 2 aliphatic rings. The fourth-order valence-corrected chi connectivity index (χ4v) is 4.30. The van der Waals surface area contributed by atoms with Crippen LogP contribution in [-0.2, 0) is 0 Å². The molecule has 0 atom stereocenters. The Morgan fingerprint density at radius 1 is 1.42 bits per heavy atom. The highest BCUT2D eigenvalue weighted by Gasteiger charge is 2.20. The number of nitrogens with one attached hydrogen (secondary N) is 1. The predicted octanol–water partition coefficient (Wildman–Crippen LogP) is 4.12. The van der Waals surface area contributed by atoms with Gasteiger partial charge in [-0.05, 0) is 54.0 Å². The summed E-state index contributed by atoms with van der Waals surface area (Å²) in [6, 6.07) is 2.27. The van der Waals surface area contributed by atoms with Crippen LogP contribution in [0, 0.1) is 0 Å². The van der Waals surface area contributed by atoms with E-state index in [1.807, 2.05) is 18.4 Å². The lowest BCUT2D eigenvalue weighted by atomic mass is 10.0. The highest BCUT2D eigenvalue weighted by Crippen LogP contribution is 2.41. The molecule has 2 nitrogen and oxygen atoms in total. The Hall–Kier alpha value is -0.840. The Balaban J connectivity index is 1.95. The fourth-order valence-electron chi connectivity index (χ4n) is 2.46. The molecular formula is C15H17BrN2S. The average molecular weight is 337 g/mol. The van der Waals surface area contributed by atoms with Gasteiger partial charge in [0.1, 0.15) is 0 Å². The Labute approximate surface area is 126 Å². The quantitative estimate of drug-likeness (QED) is 0.829. The molecule has 4 heteroatoms. The van der Waals surface area contributed by atoms with Gasteiger partial charge in [0.2, 0.25) is 0 Å². The van der Waals surface area contributed by atoms with Gasteiger partial charge in [-0.25, -0.2) is 0 Å². The molecular weight excluding hydrogens is 320 g/mol. The summed E-state index contributed by atoms with van der Waals surface area (Å²) in [5.74, 6) is 0. The number of thiophene rings is 1. The molecule has 3 rings (SSSR count). The summed E-state index contributed by atoms with van der Waals surface area (Å²) in [6.07, 6.45) is 6.78. The van der Waals surface area contributed by atoms with Crippen molar-refractivity contribution in [2.24, 2.45) is 0 Å². The van der Waals surface area contributed by atoms with Crippen LogP contribution in [0.1, 0.15) is 28.2 Å². The van der Waals surface area contributed by atoms with Crippen LogP contribution in [0.15, 0.2) is 24.4 Å². The second-order valence-corrected chi connectivity index (χ2v) is 6.92. The van der Waals surface area contributed by atoms with Crippen molar-refractivity contribution in [3.05, 3.63) is 39.7 Å². The van der Waals surface area contributed by atoms with Crippen molar-refractivity contribution in [2.75, 3.05) is 20.1 Å². The number of hydrogen-bond acceptors (Lipinski definition) is 3. The molecule has 3 heterocycles. The van der Waals surface area contributed by atoms with Crippen LogP contribution in [0.25, 0.3) is 16.3 Å². The van der Waals surface area contributed by atoms with E-state index in [2.05, 4.69) is 51.1 Å². The zero-order chi connectivity index (χ0) is 13.4. The second kappa shape index (κ2) is 5.27. The molecule has 0 radical (unpaired) electrons. The van der Waals surface area contributed by atoms with Crippen LogP contribution in [-0.4, -0.2) is 25.0 Å². The fraction of sp³-hybridized carbons (Fsp3) is 0.333. The molecule has 0 aromatic carbocycles. The maximum absolute atomic E-state index is 4.17. The number of fused-ring (bicyclic) bond motifs is 1. The van der Waals surface area contributed by atoms with Gasteiger partial charge in [-0.2, -0.15) is 0 Å². The van der Waals surface area contributed by atoms with E-state index in [1.165, 1.54) is 28.2 Å². The van der Waals surface area contributed by atoms with Crippen LogP contribution in [0.5, 0.6) is 0 Å². The smallest absolute Gasteiger partial charge is 0.0526 e. The Bertz CT molecular complexity index is 575. The molecule has 0 spiro atoms. The Morgan fingerprint density at radius 2 is 2.16 bits per heavy atom. The minimum absolute atomic E-state index is 1.07. The standard InChI is InChI=1S/C15H17BrN2S/c1-10-13-8-12(7-11-3-5-17-6-4-11)19-15(13)14(16)9-18(10)2/h7-9,17H,1,3-6H2,2H3. The van der Waals surface area contributed by atoms with Crippen LogP contribution in [0.3, 0.4) is 0 Å². The van der Waals surface area contributed by atoms with E-state index >= 15 is 0 Å². The predicted molar refractivity (Wildman–Crippen MR) is 88.1 cm³/mol.